The summed E-state index contributed by atoms with van der Waals surface area (Å²) < 4.78 is 10.5. The molecule has 150 valence electrons. The molecule has 2 amide bonds. The number of rotatable bonds is 6. The second-order valence-corrected chi connectivity index (χ2v) is 6.79. The van der Waals surface area contributed by atoms with Crippen molar-refractivity contribution in [3.63, 3.8) is 0 Å². The molecule has 0 bridgehead atoms. The second kappa shape index (κ2) is 8.16. The first-order valence-corrected chi connectivity index (χ1v) is 9.39. The van der Waals surface area contributed by atoms with Crippen LogP contribution in [-0.2, 0) is 16.0 Å². The third kappa shape index (κ3) is 4.20. The van der Waals surface area contributed by atoms with Crippen molar-refractivity contribution in [1.29, 1.82) is 0 Å². The number of oxazole rings is 1. The molecule has 1 fully saturated rings. The number of alkyl carbamates (subject to hydrolysis) is 1. The predicted octanol–water partition coefficient (Wildman–Crippen LogP) is 4.07. The third-order valence-electron chi connectivity index (χ3n) is 4.67. The summed E-state index contributed by atoms with van der Waals surface area (Å²) in [7, 11) is 0. The van der Waals surface area contributed by atoms with Crippen LogP contribution >= 0.6 is 0 Å². The van der Waals surface area contributed by atoms with Gasteiger partial charge in [-0.3, -0.25) is 14.9 Å². The van der Waals surface area contributed by atoms with E-state index in [1.807, 2.05) is 42.6 Å². The predicted molar refractivity (Wildman–Crippen MR) is 108 cm³/mol. The molecule has 0 saturated carbocycles. The molecular weight excluding hydrogens is 384 g/mol. The lowest BCUT2D eigenvalue weighted by molar-refractivity contribution is -0.116. The van der Waals surface area contributed by atoms with E-state index in [0.717, 1.165) is 11.3 Å². The second-order valence-electron chi connectivity index (χ2n) is 6.79. The van der Waals surface area contributed by atoms with Crippen LogP contribution < -0.4 is 5.32 Å². The summed E-state index contributed by atoms with van der Waals surface area (Å²) in [6, 6.07) is 16.3. The van der Waals surface area contributed by atoms with Crippen LogP contribution in [0.5, 0.6) is 0 Å². The molecule has 1 aliphatic heterocycles. The highest BCUT2D eigenvalue weighted by molar-refractivity contribution is 6.09. The molecule has 1 N–H and O–H groups in total. The minimum Gasteiger partial charge on any atom is -0.441 e. The highest BCUT2D eigenvalue weighted by Gasteiger charge is 2.25. The average Bonchev–Trinajstić information content (AvgIpc) is 3.28. The molecule has 2 aromatic carbocycles. The Balaban J connectivity index is 1.40. The molecule has 1 aromatic heterocycles. The van der Waals surface area contributed by atoms with Gasteiger partial charge in [-0.15, -0.1) is 0 Å². The lowest BCUT2D eigenvalue weighted by Gasteiger charge is -2.02. The first-order chi connectivity index (χ1) is 14.5. The Bertz CT molecular complexity index is 1140. The summed E-state index contributed by atoms with van der Waals surface area (Å²) >= 11 is 0. The normalized spacial score (nSPS) is 14.6. The maximum Gasteiger partial charge on any atom is 0.419 e. The van der Waals surface area contributed by atoms with Crippen molar-refractivity contribution in [2.75, 3.05) is 0 Å². The summed E-state index contributed by atoms with van der Waals surface area (Å²) in [6.07, 6.45) is 1.42. The molecule has 2 heterocycles. The number of aromatic nitrogens is 1. The summed E-state index contributed by atoms with van der Waals surface area (Å²) in [5.74, 6) is 0.563. The van der Waals surface area contributed by atoms with Gasteiger partial charge in [0.15, 0.2) is 11.5 Å². The van der Waals surface area contributed by atoms with E-state index in [9.17, 15) is 14.4 Å². The number of ketones is 1. The van der Waals surface area contributed by atoms with Gasteiger partial charge in [-0.2, -0.15) is 0 Å². The van der Waals surface area contributed by atoms with Gasteiger partial charge in [-0.05, 0) is 30.7 Å². The first kappa shape index (κ1) is 19.3. The number of carbonyl (C=O) groups excluding carboxylic acids is 3. The SMILES string of the molecule is Cc1oc(-c2ccccc2)nc1CCC(=O)c1ccc(C=C2OC(=O)NC2=O)cc1. The van der Waals surface area contributed by atoms with Crippen molar-refractivity contribution >= 4 is 23.9 Å². The van der Waals surface area contributed by atoms with Gasteiger partial charge in [-0.25, -0.2) is 9.78 Å². The largest absolute Gasteiger partial charge is 0.441 e. The summed E-state index contributed by atoms with van der Waals surface area (Å²) in [5.41, 5.74) is 2.85. The van der Waals surface area contributed by atoms with E-state index in [1.165, 1.54) is 6.08 Å². The maximum atomic E-state index is 12.5. The monoisotopic (exact) mass is 402 g/mol. The molecule has 30 heavy (non-hydrogen) atoms. The van der Waals surface area contributed by atoms with Crippen LogP contribution in [0.4, 0.5) is 4.79 Å². The van der Waals surface area contributed by atoms with Gasteiger partial charge in [-0.1, -0.05) is 42.5 Å². The molecule has 0 atom stereocenters. The molecule has 1 saturated heterocycles. The Hall–Kier alpha value is -4.00. The molecule has 0 unspecified atom stereocenters. The minimum absolute atomic E-state index is 0.0251. The molecule has 3 aromatic rings. The van der Waals surface area contributed by atoms with Crippen LogP contribution in [0.25, 0.3) is 17.5 Å². The Morgan fingerprint density at radius 3 is 2.47 bits per heavy atom. The highest BCUT2D eigenvalue weighted by Crippen LogP contribution is 2.22. The van der Waals surface area contributed by atoms with E-state index in [1.54, 1.807) is 24.3 Å². The van der Waals surface area contributed by atoms with Crippen molar-refractivity contribution in [3.8, 4) is 11.5 Å². The van der Waals surface area contributed by atoms with Gasteiger partial charge in [0.05, 0.1) is 5.69 Å². The molecule has 4 rings (SSSR count). The molecule has 1 aliphatic rings. The Morgan fingerprint density at radius 2 is 1.80 bits per heavy atom. The number of nitrogens with one attached hydrogen (secondary N) is 1. The zero-order valence-electron chi connectivity index (χ0n) is 16.2. The molecule has 0 spiro atoms. The number of nitrogens with zero attached hydrogens (tertiary/aromatic N) is 1. The van der Waals surface area contributed by atoms with Crippen molar-refractivity contribution < 1.29 is 23.5 Å². The summed E-state index contributed by atoms with van der Waals surface area (Å²) in [5, 5.41) is 2.03. The van der Waals surface area contributed by atoms with Crippen molar-refractivity contribution in [2.24, 2.45) is 0 Å². The third-order valence-corrected chi connectivity index (χ3v) is 4.67. The highest BCUT2D eigenvalue weighted by atomic mass is 16.6. The van der Waals surface area contributed by atoms with Crippen LogP contribution in [0, 0.1) is 6.92 Å². The van der Waals surface area contributed by atoms with Crippen molar-refractivity contribution in [3.05, 3.63) is 82.9 Å². The summed E-state index contributed by atoms with van der Waals surface area (Å²) in [4.78, 5) is 39.6. The van der Waals surface area contributed by atoms with E-state index in [-0.39, 0.29) is 11.5 Å². The fraction of sp³-hybridized carbons (Fsp3) is 0.130. The number of aryl methyl sites for hydroxylation is 2. The Morgan fingerprint density at radius 1 is 1.07 bits per heavy atom. The molecule has 7 nitrogen and oxygen atoms in total. The first-order valence-electron chi connectivity index (χ1n) is 9.39. The van der Waals surface area contributed by atoms with E-state index < -0.39 is 12.0 Å². The average molecular weight is 402 g/mol. The molecule has 0 aliphatic carbocycles. The van der Waals surface area contributed by atoms with Crippen LogP contribution in [0.3, 0.4) is 0 Å². The zero-order valence-corrected chi connectivity index (χ0v) is 16.2. The standard InChI is InChI=1S/C23H18N2O5/c1-14-18(24-22(29-14)17-5-3-2-4-6-17)11-12-19(26)16-9-7-15(8-10-16)13-20-21(27)25-23(28)30-20/h2-10,13H,11-12H2,1H3,(H,25,27,28). The van der Waals surface area contributed by atoms with Crippen molar-refractivity contribution in [2.45, 2.75) is 19.8 Å². The molecule has 7 heteroatoms. The Kier molecular flexibility index (Phi) is 5.26. The topological polar surface area (TPSA) is 98.5 Å². The summed E-state index contributed by atoms with van der Waals surface area (Å²) in [6.45, 7) is 1.84. The van der Waals surface area contributed by atoms with Gasteiger partial charge in [0.2, 0.25) is 5.89 Å². The van der Waals surface area contributed by atoms with E-state index in [2.05, 4.69) is 4.98 Å². The number of benzene rings is 2. The smallest absolute Gasteiger partial charge is 0.419 e. The van der Waals surface area contributed by atoms with Crippen molar-refractivity contribution in [1.82, 2.24) is 10.3 Å². The van der Waals surface area contributed by atoms with Crippen LogP contribution in [-0.4, -0.2) is 22.8 Å². The fourth-order valence-corrected chi connectivity index (χ4v) is 3.08. The van der Waals surface area contributed by atoms with Crippen LogP contribution in [0.2, 0.25) is 0 Å². The quantitative estimate of drug-likeness (QED) is 0.493. The lowest BCUT2D eigenvalue weighted by Crippen LogP contribution is -2.18. The fourth-order valence-electron chi connectivity index (χ4n) is 3.08. The number of hydrogen-bond acceptors (Lipinski definition) is 6. The number of imide groups is 1. The van der Waals surface area contributed by atoms with E-state index in [4.69, 9.17) is 9.15 Å². The van der Waals surface area contributed by atoms with E-state index in [0.29, 0.717) is 35.6 Å². The maximum absolute atomic E-state index is 12.5. The number of cyclic esters (lactones) is 1. The zero-order chi connectivity index (χ0) is 21.1. The number of amides is 2. The van der Waals surface area contributed by atoms with E-state index >= 15 is 0 Å². The molecule has 0 radical (unpaired) electrons. The Labute approximate surface area is 172 Å². The van der Waals surface area contributed by atoms with Gasteiger partial charge in [0.1, 0.15) is 5.76 Å². The van der Waals surface area contributed by atoms with Crippen LogP contribution in [0.1, 0.15) is 33.8 Å². The van der Waals surface area contributed by atoms with Gasteiger partial charge < -0.3 is 9.15 Å². The van der Waals surface area contributed by atoms with Gasteiger partial charge >= 0.3 is 6.09 Å². The number of ether oxygens (including phenoxy) is 1. The van der Waals surface area contributed by atoms with Gasteiger partial charge in [0.25, 0.3) is 5.91 Å². The lowest BCUT2D eigenvalue weighted by atomic mass is 10.0. The number of carbonyl (C=O) groups is 3. The number of Topliss-reactive ketones (excluding diaryl/α,β-unsaturated/α-hetero) is 1. The minimum atomic E-state index is -0.795. The molecular formula is C23H18N2O5. The van der Waals surface area contributed by atoms with Crippen LogP contribution in [0.15, 0.2) is 64.8 Å². The number of hydrogen-bond donors (Lipinski definition) is 1. The van der Waals surface area contributed by atoms with Gasteiger partial charge in [0, 0.05) is 24.0 Å².